The van der Waals surface area contributed by atoms with Crippen LogP contribution >= 0.6 is 0 Å². The Morgan fingerprint density at radius 3 is 1.36 bits per heavy atom. The van der Waals surface area contributed by atoms with E-state index in [1.807, 2.05) is 41.8 Å². The molecule has 7 heteroatoms. The Hall–Kier alpha value is -1.63. The topological polar surface area (TPSA) is 82.1 Å². The van der Waals surface area contributed by atoms with Gasteiger partial charge in [-0.1, -0.05) is 156 Å². The Balaban J connectivity index is 4.77. The fourth-order valence-electron chi connectivity index (χ4n) is 7.85. The van der Waals surface area contributed by atoms with Crippen LogP contribution in [0.15, 0.2) is 0 Å². The van der Waals surface area contributed by atoms with Crippen LogP contribution < -0.4 is 0 Å². The minimum atomic E-state index is -0.501. The third-order valence-corrected chi connectivity index (χ3v) is 12.2. The predicted octanol–water partition coefficient (Wildman–Crippen LogP) is 14.8. The Bertz CT molecular complexity index is 978. The summed E-state index contributed by atoms with van der Waals surface area (Å²) >= 11 is 0. The predicted molar refractivity (Wildman–Crippen MR) is 246 cm³/mol. The van der Waals surface area contributed by atoms with E-state index in [0.717, 1.165) is 96.4 Å². The Morgan fingerprint density at radius 1 is 0.483 bits per heavy atom. The second kappa shape index (κ2) is 37.2. The summed E-state index contributed by atoms with van der Waals surface area (Å²) in [6.07, 6.45) is 35.3. The average molecular weight is 822 g/mol. The number of hydrogen-bond acceptors (Lipinski definition) is 7. The number of rotatable bonds is 42. The summed E-state index contributed by atoms with van der Waals surface area (Å²) in [7, 11) is 4.05. The first-order chi connectivity index (χ1) is 27.8. The van der Waals surface area contributed by atoms with Crippen LogP contribution in [0.4, 0.5) is 0 Å². The molecule has 0 heterocycles. The van der Waals surface area contributed by atoms with E-state index in [4.69, 9.17) is 14.2 Å². The standard InChI is InChI=1S/C51H99NO6/c1-10-13-16-19-21-22-24-33-43-56-48(54)50(4,5)40-31-25-29-37-46(58-47(53)39-34-42-52(8)9)38-30-26-32-41-51(6,7)49(55)57-44-45(35-27-18-15-12-3)36-28-23-20-17-14-11-2/h45-46H,10-44H2,1-9H3. The van der Waals surface area contributed by atoms with E-state index in [-0.39, 0.29) is 24.0 Å². The van der Waals surface area contributed by atoms with Crippen molar-refractivity contribution in [1.82, 2.24) is 4.90 Å². The van der Waals surface area contributed by atoms with E-state index < -0.39 is 10.8 Å². The van der Waals surface area contributed by atoms with Crippen LogP contribution in [0.2, 0.25) is 0 Å². The van der Waals surface area contributed by atoms with E-state index in [2.05, 4.69) is 25.7 Å². The van der Waals surface area contributed by atoms with Gasteiger partial charge in [-0.05, 0) is 118 Å². The van der Waals surface area contributed by atoms with E-state index in [0.29, 0.717) is 25.6 Å². The average Bonchev–Trinajstić information content (AvgIpc) is 3.17. The molecule has 0 aliphatic rings. The minimum absolute atomic E-state index is 0.0570. The fourth-order valence-corrected chi connectivity index (χ4v) is 7.85. The Labute approximate surface area is 361 Å². The number of hydrogen-bond donors (Lipinski definition) is 0. The molecule has 58 heavy (non-hydrogen) atoms. The van der Waals surface area contributed by atoms with Gasteiger partial charge in [0.15, 0.2) is 0 Å². The molecule has 0 radical (unpaired) electrons. The molecular formula is C51H99NO6. The SMILES string of the molecule is CCCCCCCCCCOC(=O)C(C)(C)CCCCCC(CCCCCC(C)(C)C(=O)OCC(CCCCCC)CCCCCCCC)OC(=O)CCCN(C)C. The van der Waals surface area contributed by atoms with Gasteiger partial charge >= 0.3 is 17.9 Å². The molecule has 0 amide bonds. The van der Waals surface area contributed by atoms with Crippen molar-refractivity contribution in [3.05, 3.63) is 0 Å². The van der Waals surface area contributed by atoms with Crippen LogP contribution in [0, 0.1) is 16.7 Å². The number of carbonyl (C=O) groups excluding carboxylic acids is 3. The van der Waals surface area contributed by atoms with Crippen LogP contribution in [0.3, 0.4) is 0 Å². The Kier molecular flexibility index (Phi) is 36.1. The van der Waals surface area contributed by atoms with Crippen LogP contribution in [0.1, 0.15) is 254 Å². The van der Waals surface area contributed by atoms with Crippen molar-refractivity contribution in [2.75, 3.05) is 33.9 Å². The molecule has 0 N–H and O–H groups in total. The first-order valence-electron chi connectivity index (χ1n) is 25.0. The first kappa shape index (κ1) is 56.4. The summed E-state index contributed by atoms with van der Waals surface area (Å²) in [5, 5.41) is 0. The normalized spacial score (nSPS) is 13.1. The molecule has 0 spiro atoms. The fraction of sp³-hybridized carbons (Fsp3) is 0.941. The Morgan fingerprint density at radius 2 is 0.879 bits per heavy atom. The van der Waals surface area contributed by atoms with E-state index in [1.54, 1.807) is 0 Å². The number of carbonyl (C=O) groups is 3. The van der Waals surface area contributed by atoms with Gasteiger partial charge in [0.1, 0.15) is 6.10 Å². The molecule has 0 saturated heterocycles. The monoisotopic (exact) mass is 822 g/mol. The molecule has 0 bridgehead atoms. The van der Waals surface area contributed by atoms with E-state index >= 15 is 0 Å². The highest BCUT2D eigenvalue weighted by Gasteiger charge is 2.30. The number of esters is 3. The lowest BCUT2D eigenvalue weighted by Gasteiger charge is -2.25. The smallest absolute Gasteiger partial charge is 0.311 e. The third-order valence-electron chi connectivity index (χ3n) is 12.2. The van der Waals surface area contributed by atoms with Gasteiger partial charge in [0.2, 0.25) is 0 Å². The second-order valence-corrected chi connectivity index (χ2v) is 19.5. The zero-order valence-corrected chi connectivity index (χ0v) is 40.3. The second-order valence-electron chi connectivity index (χ2n) is 19.5. The highest BCUT2D eigenvalue weighted by atomic mass is 16.5. The highest BCUT2D eigenvalue weighted by molar-refractivity contribution is 5.76. The number of ether oxygens (including phenoxy) is 3. The van der Waals surface area contributed by atoms with Gasteiger partial charge in [0.05, 0.1) is 24.0 Å². The summed E-state index contributed by atoms with van der Waals surface area (Å²) in [5.74, 6) is 0.235. The summed E-state index contributed by atoms with van der Waals surface area (Å²) in [6, 6.07) is 0. The third kappa shape index (κ3) is 33.1. The molecule has 0 aromatic heterocycles. The molecular weight excluding hydrogens is 723 g/mol. The van der Waals surface area contributed by atoms with Crippen LogP contribution in [0.5, 0.6) is 0 Å². The van der Waals surface area contributed by atoms with Gasteiger partial charge in [0, 0.05) is 6.42 Å². The lowest BCUT2D eigenvalue weighted by Crippen LogP contribution is -2.28. The van der Waals surface area contributed by atoms with Crippen LogP contribution in [-0.4, -0.2) is 62.8 Å². The molecule has 0 aromatic carbocycles. The zero-order valence-electron chi connectivity index (χ0n) is 40.3. The zero-order chi connectivity index (χ0) is 43.3. The number of unbranched alkanes of at least 4 members (excludes halogenated alkanes) is 19. The van der Waals surface area contributed by atoms with Gasteiger partial charge in [-0.3, -0.25) is 14.4 Å². The van der Waals surface area contributed by atoms with Crippen molar-refractivity contribution in [3.8, 4) is 0 Å². The highest BCUT2D eigenvalue weighted by Crippen LogP contribution is 2.29. The van der Waals surface area contributed by atoms with Crippen LogP contribution in [0.25, 0.3) is 0 Å². The maximum Gasteiger partial charge on any atom is 0.311 e. The molecule has 7 nitrogen and oxygen atoms in total. The van der Waals surface area contributed by atoms with Crippen molar-refractivity contribution in [2.45, 2.75) is 260 Å². The quantitative estimate of drug-likeness (QED) is 0.0344. The molecule has 2 unspecified atom stereocenters. The molecule has 0 aliphatic heterocycles. The van der Waals surface area contributed by atoms with Crippen molar-refractivity contribution < 1.29 is 28.6 Å². The van der Waals surface area contributed by atoms with E-state index in [1.165, 1.54) is 109 Å². The molecule has 0 saturated carbocycles. The summed E-state index contributed by atoms with van der Waals surface area (Å²) < 4.78 is 17.7. The molecule has 0 fully saturated rings. The molecule has 0 rings (SSSR count). The maximum absolute atomic E-state index is 13.3. The van der Waals surface area contributed by atoms with Crippen molar-refractivity contribution in [1.29, 1.82) is 0 Å². The van der Waals surface area contributed by atoms with Gasteiger partial charge in [0.25, 0.3) is 0 Å². The van der Waals surface area contributed by atoms with Crippen LogP contribution in [-0.2, 0) is 28.6 Å². The molecule has 344 valence electrons. The maximum atomic E-state index is 13.3. The molecule has 0 aliphatic carbocycles. The lowest BCUT2D eigenvalue weighted by molar-refractivity contribution is -0.156. The van der Waals surface area contributed by atoms with Crippen molar-refractivity contribution >= 4 is 17.9 Å². The summed E-state index contributed by atoms with van der Waals surface area (Å²) in [4.78, 5) is 41.0. The van der Waals surface area contributed by atoms with Crippen molar-refractivity contribution in [2.24, 2.45) is 16.7 Å². The van der Waals surface area contributed by atoms with Crippen molar-refractivity contribution in [3.63, 3.8) is 0 Å². The number of nitrogens with zero attached hydrogens (tertiary/aromatic N) is 1. The molecule has 0 aromatic rings. The van der Waals surface area contributed by atoms with Gasteiger partial charge in [-0.2, -0.15) is 0 Å². The first-order valence-corrected chi connectivity index (χ1v) is 25.0. The van der Waals surface area contributed by atoms with E-state index in [9.17, 15) is 14.4 Å². The summed E-state index contributed by atoms with van der Waals surface area (Å²) in [6.45, 7) is 16.8. The lowest BCUT2D eigenvalue weighted by atomic mass is 9.86. The minimum Gasteiger partial charge on any atom is -0.465 e. The van der Waals surface area contributed by atoms with Gasteiger partial charge in [-0.15, -0.1) is 0 Å². The van der Waals surface area contributed by atoms with Gasteiger partial charge in [-0.25, -0.2) is 0 Å². The summed E-state index contributed by atoms with van der Waals surface area (Å²) in [5.41, 5.74) is -0.985. The van der Waals surface area contributed by atoms with Gasteiger partial charge < -0.3 is 19.1 Å². The molecule has 2 atom stereocenters. The largest absolute Gasteiger partial charge is 0.465 e.